The first-order valence-corrected chi connectivity index (χ1v) is 10.9. The smallest absolute Gasteiger partial charge is 0.187 e. The Hall–Kier alpha value is -1.44. The van der Waals surface area contributed by atoms with Crippen molar-refractivity contribution in [2.24, 2.45) is 0 Å². The fourth-order valence-corrected chi connectivity index (χ4v) is 3.30. The lowest BCUT2D eigenvalue weighted by molar-refractivity contribution is -0.259. The lowest BCUT2D eigenvalue weighted by atomic mass is 9.96. The minimum absolute atomic E-state index is 0.267. The van der Waals surface area contributed by atoms with E-state index >= 15 is 0 Å². The Labute approximate surface area is 181 Å². The normalized spacial score (nSPS) is 24.2. The summed E-state index contributed by atoms with van der Waals surface area (Å²) in [4.78, 5) is 0. The number of hydrogen-bond donors (Lipinski definition) is 0. The Morgan fingerprint density at radius 2 is 1.63 bits per heavy atom. The third kappa shape index (κ3) is 7.36. The van der Waals surface area contributed by atoms with E-state index in [9.17, 15) is 0 Å². The van der Waals surface area contributed by atoms with Crippen molar-refractivity contribution >= 4 is 0 Å². The van der Waals surface area contributed by atoms with E-state index in [-0.39, 0.29) is 12.2 Å². The summed E-state index contributed by atoms with van der Waals surface area (Å²) in [5.74, 6) is 0.814. The summed E-state index contributed by atoms with van der Waals surface area (Å²) in [5.41, 5.74) is 1.87. The molecule has 1 fully saturated rings. The molecule has 1 aromatic carbocycles. The van der Waals surface area contributed by atoms with Crippen LogP contribution in [-0.2, 0) is 30.3 Å². The van der Waals surface area contributed by atoms with E-state index in [1.165, 1.54) is 0 Å². The first kappa shape index (κ1) is 24.8. The maximum atomic E-state index is 6.19. The van der Waals surface area contributed by atoms with Crippen LogP contribution < -0.4 is 4.74 Å². The molecule has 6 nitrogen and oxygen atoms in total. The van der Waals surface area contributed by atoms with Crippen LogP contribution in [0.15, 0.2) is 36.4 Å². The zero-order valence-electron chi connectivity index (χ0n) is 18.9. The highest BCUT2D eigenvalue weighted by Crippen LogP contribution is 2.31. The van der Waals surface area contributed by atoms with Crippen molar-refractivity contribution in [2.75, 3.05) is 34.0 Å². The molecule has 0 N–H and O–H groups in total. The highest BCUT2D eigenvalue weighted by molar-refractivity contribution is 5.27. The lowest BCUT2D eigenvalue weighted by Crippen LogP contribution is -2.53. The molecule has 1 aromatic rings. The van der Waals surface area contributed by atoms with Crippen molar-refractivity contribution in [3.05, 3.63) is 42.0 Å². The lowest BCUT2D eigenvalue weighted by Gasteiger charge is -2.42. The molecular weight excluding hydrogens is 384 g/mol. The first-order chi connectivity index (χ1) is 14.6. The fourth-order valence-electron chi connectivity index (χ4n) is 3.30. The van der Waals surface area contributed by atoms with Crippen molar-refractivity contribution in [3.63, 3.8) is 0 Å². The second-order valence-electron chi connectivity index (χ2n) is 7.51. The van der Waals surface area contributed by atoms with Crippen molar-refractivity contribution in [2.45, 2.75) is 70.7 Å². The molecule has 2 rings (SSSR count). The molecule has 1 aliphatic heterocycles. The van der Waals surface area contributed by atoms with E-state index in [1.54, 1.807) is 14.2 Å². The van der Waals surface area contributed by atoms with Gasteiger partial charge >= 0.3 is 0 Å². The van der Waals surface area contributed by atoms with E-state index in [1.807, 2.05) is 24.3 Å². The highest BCUT2D eigenvalue weighted by Gasteiger charge is 2.42. The van der Waals surface area contributed by atoms with Crippen LogP contribution in [0, 0.1) is 0 Å². The van der Waals surface area contributed by atoms with Crippen LogP contribution in [0.2, 0.25) is 0 Å². The van der Waals surface area contributed by atoms with E-state index in [0.29, 0.717) is 26.4 Å². The molecule has 30 heavy (non-hydrogen) atoms. The molecule has 1 saturated heterocycles. The molecule has 0 aliphatic carbocycles. The number of benzene rings is 1. The molecule has 0 spiro atoms. The van der Waals surface area contributed by atoms with Gasteiger partial charge in [0, 0.05) is 20.3 Å². The van der Waals surface area contributed by atoms with Crippen molar-refractivity contribution in [1.82, 2.24) is 0 Å². The maximum Gasteiger partial charge on any atom is 0.187 e. The van der Waals surface area contributed by atoms with Crippen LogP contribution in [0.3, 0.4) is 0 Å². The number of methoxy groups -OCH3 is 2. The SMILES string of the molecule is C=C1[C@@H](OCCCC)C(COCCCC)O[C@@H](OC)[C@H]1OCc1ccc(OC)cc1. The highest BCUT2D eigenvalue weighted by atomic mass is 16.7. The molecular formula is C24H38O6. The Bertz CT molecular complexity index is 602. The zero-order chi connectivity index (χ0) is 21.8. The monoisotopic (exact) mass is 422 g/mol. The minimum Gasteiger partial charge on any atom is -0.497 e. The molecule has 0 amide bonds. The van der Waals surface area contributed by atoms with Gasteiger partial charge in [-0.2, -0.15) is 0 Å². The number of ether oxygens (including phenoxy) is 6. The summed E-state index contributed by atoms with van der Waals surface area (Å²) >= 11 is 0. The van der Waals surface area contributed by atoms with Gasteiger partial charge in [0.2, 0.25) is 0 Å². The van der Waals surface area contributed by atoms with Crippen LogP contribution in [0.1, 0.15) is 45.1 Å². The second-order valence-corrected chi connectivity index (χ2v) is 7.51. The Balaban J connectivity index is 2.03. The van der Waals surface area contributed by atoms with E-state index in [2.05, 4.69) is 20.4 Å². The molecule has 1 heterocycles. The molecule has 1 unspecified atom stereocenters. The topological polar surface area (TPSA) is 55.4 Å². The summed E-state index contributed by atoms with van der Waals surface area (Å²) in [5, 5.41) is 0. The summed E-state index contributed by atoms with van der Waals surface area (Å²) in [6.45, 7) is 10.8. The van der Waals surface area contributed by atoms with Gasteiger partial charge in [-0.15, -0.1) is 0 Å². The Kier molecular flexibility index (Phi) is 11.4. The average Bonchev–Trinajstić information content (AvgIpc) is 2.77. The van der Waals surface area contributed by atoms with E-state index in [4.69, 9.17) is 28.4 Å². The van der Waals surface area contributed by atoms with Crippen molar-refractivity contribution in [3.8, 4) is 5.75 Å². The summed E-state index contributed by atoms with van der Waals surface area (Å²) < 4.78 is 35.1. The third-order valence-electron chi connectivity index (χ3n) is 5.17. The predicted octanol–water partition coefficient (Wildman–Crippen LogP) is 4.51. The van der Waals surface area contributed by atoms with Gasteiger partial charge in [-0.3, -0.25) is 0 Å². The van der Waals surface area contributed by atoms with Gasteiger partial charge < -0.3 is 28.4 Å². The quantitative estimate of drug-likeness (QED) is 0.325. The van der Waals surface area contributed by atoms with Gasteiger partial charge in [0.15, 0.2) is 6.29 Å². The van der Waals surface area contributed by atoms with Gasteiger partial charge in [-0.05, 0) is 36.1 Å². The van der Waals surface area contributed by atoms with Crippen molar-refractivity contribution in [1.29, 1.82) is 0 Å². The van der Waals surface area contributed by atoms with Gasteiger partial charge in [0.1, 0.15) is 24.1 Å². The van der Waals surface area contributed by atoms with Crippen LogP contribution >= 0.6 is 0 Å². The van der Waals surface area contributed by atoms with Crippen LogP contribution in [0.4, 0.5) is 0 Å². The molecule has 0 saturated carbocycles. The Morgan fingerprint density at radius 3 is 2.27 bits per heavy atom. The van der Waals surface area contributed by atoms with E-state index in [0.717, 1.165) is 42.6 Å². The molecule has 4 atom stereocenters. The summed E-state index contributed by atoms with van der Waals surface area (Å²) in [6.07, 6.45) is 2.64. The van der Waals surface area contributed by atoms with Gasteiger partial charge in [0.25, 0.3) is 0 Å². The molecule has 6 heteroatoms. The van der Waals surface area contributed by atoms with Gasteiger partial charge in [0.05, 0.1) is 20.3 Å². The standard InChI is InChI=1S/C24H38O6/c1-6-8-14-27-17-21-22(28-15-9-7-2)18(3)23(24(26-5)30-21)29-16-19-10-12-20(25-4)13-11-19/h10-13,21-24H,3,6-9,14-17H2,1-2,4-5H3/t21?,22-,23+,24-/m1/s1. The zero-order valence-corrected chi connectivity index (χ0v) is 18.9. The summed E-state index contributed by atoms with van der Waals surface area (Å²) in [7, 11) is 3.27. The minimum atomic E-state index is -0.554. The molecule has 0 aromatic heterocycles. The second kappa shape index (κ2) is 13.8. The van der Waals surface area contributed by atoms with Crippen LogP contribution in [-0.4, -0.2) is 58.6 Å². The number of hydrogen-bond acceptors (Lipinski definition) is 6. The molecule has 1 aliphatic rings. The van der Waals surface area contributed by atoms with E-state index < -0.39 is 12.4 Å². The number of unbranched alkanes of at least 4 members (excludes halogenated alkanes) is 2. The van der Waals surface area contributed by atoms with Gasteiger partial charge in [-0.25, -0.2) is 0 Å². The van der Waals surface area contributed by atoms with Gasteiger partial charge in [-0.1, -0.05) is 45.4 Å². The Morgan fingerprint density at radius 1 is 0.933 bits per heavy atom. The molecule has 170 valence electrons. The van der Waals surface area contributed by atoms with Crippen LogP contribution in [0.25, 0.3) is 0 Å². The first-order valence-electron chi connectivity index (χ1n) is 10.9. The average molecular weight is 423 g/mol. The van der Waals surface area contributed by atoms with Crippen molar-refractivity contribution < 1.29 is 28.4 Å². The maximum absolute atomic E-state index is 6.19. The summed E-state index contributed by atoms with van der Waals surface area (Å²) in [6, 6.07) is 7.79. The third-order valence-corrected chi connectivity index (χ3v) is 5.17. The fraction of sp³-hybridized carbons (Fsp3) is 0.667. The molecule has 0 radical (unpaired) electrons. The predicted molar refractivity (Wildman–Crippen MR) is 117 cm³/mol. The van der Waals surface area contributed by atoms with Crippen LogP contribution in [0.5, 0.6) is 5.75 Å². The molecule has 0 bridgehead atoms. The largest absolute Gasteiger partial charge is 0.497 e. The number of rotatable bonds is 14.